The van der Waals surface area contributed by atoms with Gasteiger partial charge in [0.1, 0.15) is 0 Å². The van der Waals surface area contributed by atoms with Gasteiger partial charge < -0.3 is 14.2 Å². The van der Waals surface area contributed by atoms with Crippen LogP contribution in [0.5, 0.6) is 0 Å². The number of benzene rings is 3. The number of rotatable bonds is 24. The maximum absolute atomic E-state index is 12.4. The molecule has 0 aromatic heterocycles. The zero-order valence-electron chi connectivity index (χ0n) is 29.0. The highest BCUT2D eigenvalue weighted by atomic mass is 32.2. The summed E-state index contributed by atoms with van der Waals surface area (Å²) >= 11 is 0. The molecule has 0 aliphatic rings. The van der Waals surface area contributed by atoms with Crippen LogP contribution in [0.15, 0.2) is 87.5 Å². The van der Waals surface area contributed by atoms with E-state index in [2.05, 4.69) is 0 Å². The Balaban J connectivity index is 1.43. The van der Waals surface area contributed by atoms with E-state index < -0.39 is 35.8 Å². The molecule has 3 rings (SSSR count). The third-order valence-electron chi connectivity index (χ3n) is 7.30. The Kier molecular flexibility index (Phi) is 16.5. The van der Waals surface area contributed by atoms with Gasteiger partial charge in [0.05, 0.1) is 54.3 Å². The molecule has 15 heteroatoms. The Labute approximate surface area is 297 Å². The first-order valence-corrected chi connectivity index (χ1v) is 20.5. The molecule has 0 bridgehead atoms. The monoisotopic (exact) mass is 756 g/mol. The Hall–Kier alpha value is -2.73. The summed E-state index contributed by atoms with van der Waals surface area (Å²) in [6, 6.07) is 19.2. The van der Waals surface area contributed by atoms with E-state index in [-0.39, 0.29) is 74.1 Å². The molecule has 3 aromatic rings. The molecule has 0 radical (unpaired) electrons. The lowest BCUT2D eigenvalue weighted by molar-refractivity contribution is -0.0628. The molecule has 0 amide bonds. The predicted molar refractivity (Wildman–Crippen MR) is 187 cm³/mol. The van der Waals surface area contributed by atoms with Crippen LogP contribution in [0, 0.1) is 26.2 Å². The molecule has 0 aliphatic carbocycles. The molecule has 0 spiro atoms. The van der Waals surface area contributed by atoms with Gasteiger partial charge in [-0.2, -0.15) is 25.3 Å². The van der Waals surface area contributed by atoms with Crippen molar-refractivity contribution in [2.24, 2.45) is 5.41 Å². The molecule has 3 aromatic carbocycles. The first kappa shape index (κ1) is 41.7. The van der Waals surface area contributed by atoms with Crippen molar-refractivity contribution in [3.05, 3.63) is 89.5 Å². The van der Waals surface area contributed by atoms with Crippen molar-refractivity contribution in [2.75, 3.05) is 59.5 Å². The summed E-state index contributed by atoms with van der Waals surface area (Å²) in [4.78, 5) is 0.256. The first-order chi connectivity index (χ1) is 23.6. The molecule has 0 atom stereocenters. The fourth-order valence-corrected chi connectivity index (χ4v) is 7.22. The van der Waals surface area contributed by atoms with Crippen LogP contribution in [0.25, 0.3) is 0 Å². The van der Waals surface area contributed by atoms with Crippen LogP contribution in [0.4, 0.5) is 0 Å². The fourth-order valence-electron chi connectivity index (χ4n) is 4.39. The number of hydrogen-bond donors (Lipinski definition) is 0. The summed E-state index contributed by atoms with van der Waals surface area (Å²) in [5, 5.41) is 0. The highest BCUT2D eigenvalue weighted by Gasteiger charge is 2.26. The highest BCUT2D eigenvalue weighted by molar-refractivity contribution is 7.87. The maximum Gasteiger partial charge on any atom is 0.296 e. The van der Waals surface area contributed by atoms with Gasteiger partial charge in [0.15, 0.2) is 0 Å². The molecular formula is C35H48O12S3. The molecule has 0 heterocycles. The van der Waals surface area contributed by atoms with Gasteiger partial charge in [-0.1, -0.05) is 60.0 Å². The maximum atomic E-state index is 12.4. The van der Waals surface area contributed by atoms with Crippen molar-refractivity contribution >= 4 is 30.4 Å². The van der Waals surface area contributed by atoms with Gasteiger partial charge in [-0.25, -0.2) is 0 Å². The highest BCUT2D eigenvalue weighted by Crippen LogP contribution is 2.20. The van der Waals surface area contributed by atoms with E-state index in [1.54, 1.807) is 36.4 Å². The smallest absolute Gasteiger partial charge is 0.296 e. The van der Waals surface area contributed by atoms with E-state index >= 15 is 0 Å². The summed E-state index contributed by atoms with van der Waals surface area (Å²) in [5.74, 6) is 0. The van der Waals surface area contributed by atoms with Crippen LogP contribution in [0.3, 0.4) is 0 Å². The van der Waals surface area contributed by atoms with Gasteiger partial charge in [0.2, 0.25) is 0 Å². The van der Waals surface area contributed by atoms with Gasteiger partial charge in [-0.05, 0) is 76.4 Å². The summed E-state index contributed by atoms with van der Waals surface area (Å²) in [5.41, 5.74) is 2.17. The van der Waals surface area contributed by atoms with Crippen LogP contribution >= 0.6 is 0 Å². The van der Waals surface area contributed by atoms with Gasteiger partial charge in [-0.3, -0.25) is 12.5 Å². The predicted octanol–water partition coefficient (Wildman–Crippen LogP) is 5.35. The van der Waals surface area contributed by atoms with Crippen LogP contribution in [-0.2, 0) is 57.1 Å². The van der Waals surface area contributed by atoms with Crippen LogP contribution in [-0.4, -0.2) is 84.7 Å². The van der Waals surface area contributed by atoms with Gasteiger partial charge in [-0.15, -0.1) is 0 Å². The molecule has 278 valence electrons. The van der Waals surface area contributed by atoms with E-state index in [1.165, 1.54) is 36.4 Å². The van der Waals surface area contributed by atoms with E-state index in [1.807, 2.05) is 27.7 Å². The van der Waals surface area contributed by atoms with Gasteiger partial charge in [0.25, 0.3) is 30.4 Å². The first-order valence-electron chi connectivity index (χ1n) is 16.2. The molecule has 0 N–H and O–H groups in total. The quantitative estimate of drug-likeness (QED) is 0.0854. The zero-order valence-corrected chi connectivity index (χ0v) is 31.5. The molecule has 50 heavy (non-hydrogen) atoms. The molecule has 0 fully saturated rings. The Bertz CT molecular complexity index is 1560. The summed E-state index contributed by atoms with van der Waals surface area (Å²) in [6.07, 6.45) is 0.966. The minimum Gasteiger partial charge on any atom is -0.381 e. The van der Waals surface area contributed by atoms with Crippen molar-refractivity contribution in [3.63, 3.8) is 0 Å². The lowest BCUT2D eigenvalue weighted by Crippen LogP contribution is -2.35. The van der Waals surface area contributed by atoms with E-state index in [0.717, 1.165) is 16.7 Å². The lowest BCUT2D eigenvalue weighted by Gasteiger charge is -2.29. The minimum atomic E-state index is -3.88. The average Bonchev–Trinajstić information content (AvgIpc) is 3.06. The van der Waals surface area contributed by atoms with Crippen LogP contribution in [0.1, 0.15) is 42.9 Å². The van der Waals surface area contributed by atoms with Gasteiger partial charge >= 0.3 is 0 Å². The van der Waals surface area contributed by atoms with E-state index in [0.29, 0.717) is 19.3 Å². The van der Waals surface area contributed by atoms with Crippen molar-refractivity contribution in [1.82, 2.24) is 0 Å². The SMILES string of the molecule is Cc1ccc(S(=O)(=O)OCCCOCC(C)(COCCCOS(=O)(=O)c2ccc(C)cc2)COCCCOS(=O)(=O)c2ccc(C)cc2)cc1. The minimum absolute atomic E-state index is 0.0586. The molecular weight excluding hydrogens is 709 g/mol. The normalized spacial score (nSPS) is 12.7. The molecule has 0 saturated heterocycles. The standard InChI is InChI=1S/C35H48O12S3/c1-29-8-14-32(15-9-29)48(36,37)45-23-5-20-42-26-35(4,27-43-21-6-24-46-49(38,39)33-16-10-30(2)11-17-33)28-44-22-7-25-47-50(40,41)34-18-12-31(3)13-19-34/h8-19H,5-7,20-28H2,1-4H3. The molecule has 0 aliphatic heterocycles. The summed E-state index contributed by atoms with van der Waals surface area (Å²) < 4.78 is 107. The number of hydrogen-bond acceptors (Lipinski definition) is 12. The lowest BCUT2D eigenvalue weighted by atomic mass is 9.94. The van der Waals surface area contributed by atoms with Crippen LogP contribution < -0.4 is 0 Å². The second kappa shape index (κ2) is 19.8. The average molecular weight is 757 g/mol. The van der Waals surface area contributed by atoms with Crippen molar-refractivity contribution < 1.29 is 52.0 Å². The molecule has 0 saturated carbocycles. The van der Waals surface area contributed by atoms with Crippen molar-refractivity contribution in [3.8, 4) is 0 Å². The third kappa shape index (κ3) is 14.5. The summed E-state index contributed by atoms with van der Waals surface area (Å²) in [7, 11) is -11.6. The van der Waals surface area contributed by atoms with Crippen LogP contribution in [0.2, 0.25) is 0 Å². The second-order valence-corrected chi connectivity index (χ2v) is 17.1. The Morgan fingerprint density at radius 1 is 0.420 bits per heavy atom. The fraction of sp³-hybridized carbons (Fsp3) is 0.486. The number of aryl methyl sites for hydroxylation is 3. The van der Waals surface area contributed by atoms with Crippen molar-refractivity contribution in [2.45, 2.75) is 61.6 Å². The van der Waals surface area contributed by atoms with Gasteiger partial charge in [0, 0.05) is 25.2 Å². The third-order valence-corrected chi connectivity index (χ3v) is 11.3. The van der Waals surface area contributed by atoms with E-state index in [4.69, 9.17) is 26.8 Å². The Morgan fingerprint density at radius 2 is 0.660 bits per heavy atom. The second-order valence-electron chi connectivity index (χ2n) is 12.3. The molecule has 12 nitrogen and oxygen atoms in total. The van der Waals surface area contributed by atoms with E-state index in [9.17, 15) is 25.3 Å². The summed E-state index contributed by atoms with van der Waals surface area (Å²) in [6.45, 7) is 8.56. The largest absolute Gasteiger partial charge is 0.381 e. The zero-order chi connectivity index (χ0) is 36.7. The molecule has 0 unspecified atom stereocenters. The topological polar surface area (TPSA) is 158 Å². The number of ether oxygens (including phenoxy) is 3. The Morgan fingerprint density at radius 3 is 0.900 bits per heavy atom. The van der Waals surface area contributed by atoms with Crippen molar-refractivity contribution in [1.29, 1.82) is 0 Å².